The number of hydrogen-bond acceptors (Lipinski definition) is 10. The van der Waals surface area contributed by atoms with Crippen molar-refractivity contribution in [3.8, 4) is 0 Å². The summed E-state index contributed by atoms with van der Waals surface area (Å²) in [7, 11) is 0. The third-order valence-corrected chi connectivity index (χ3v) is 4.78. The Morgan fingerprint density at radius 3 is 2.72 bits per heavy atom. The number of ether oxygens (including phenoxy) is 1. The number of aliphatic hydroxyl groups excluding tert-OH is 3. The molecule has 2 aromatic heterocycles. The third-order valence-electron chi connectivity index (χ3n) is 4.78. The van der Waals surface area contributed by atoms with E-state index in [-0.39, 0.29) is 12.2 Å². The molecule has 3 heterocycles. The number of rotatable bonds is 6. The van der Waals surface area contributed by atoms with Crippen molar-refractivity contribution >= 4 is 22.7 Å². The molecule has 1 fully saturated rings. The van der Waals surface area contributed by atoms with Crippen LogP contribution in [-0.2, 0) is 11.3 Å². The Morgan fingerprint density at radius 2 is 2.00 bits per heavy atom. The van der Waals surface area contributed by atoms with Gasteiger partial charge in [0.05, 0.1) is 17.9 Å². The second-order valence-corrected chi connectivity index (χ2v) is 6.51. The topological polar surface area (TPSA) is 169 Å². The number of hydrogen-bond donors (Lipinski definition) is 4. The Bertz CT molecular complexity index is 1040. The Hall–Kier alpha value is -3.19. The number of anilines is 1. The van der Waals surface area contributed by atoms with Gasteiger partial charge < -0.3 is 25.4 Å². The van der Waals surface area contributed by atoms with Crippen LogP contribution in [0.25, 0.3) is 11.2 Å². The zero-order valence-electron chi connectivity index (χ0n) is 15.0. The fraction of sp³-hybridized carbons (Fsp3) is 0.353. The molecular formula is C17H18N6O6. The highest BCUT2D eigenvalue weighted by atomic mass is 16.6. The first-order chi connectivity index (χ1) is 14.0. The molecule has 4 N–H and O–H groups in total. The molecule has 12 heteroatoms. The highest BCUT2D eigenvalue weighted by Gasteiger charge is 2.44. The van der Waals surface area contributed by atoms with Crippen molar-refractivity contribution in [2.45, 2.75) is 31.1 Å². The van der Waals surface area contributed by atoms with Crippen LogP contribution in [0.15, 0.2) is 36.9 Å². The van der Waals surface area contributed by atoms with Crippen molar-refractivity contribution in [1.29, 1.82) is 0 Å². The Morgan fingerprint density at radius 1 is 1.21 bits per heavy atom. The molecule has 12 nitrogen and oxygen atoms in total. The molecule has 0 bridgehead atoms. The van der Waals surface area contributed by atoms with Crippen LogP contribution in [0, 0.1) is 10.1 Å². The van der Waals surface area contributed by atoms with Gasteiger partial charge in [-0.15, -0.1) is 0 Å². The van der Waals surface area contributed by atoms with Crippen LogP contribution < -0.4 is 5.32 Å². The highest BCUT2D eigenvalue weighted by Crippen LogP contribution is 2.32. The van der Waals surface area contributed by atoms with Gasteiger partial charge in [0.1, 0.15) is 24.6 Å². The molecule has 1 aliphatic heterocycles. The van der Waals surface area contributed by atoms with Crippen molar-refractivity contribution < 1.29 is 25.0 Å². The average Bonchev–Trinajstić information content (AvgIpc) is 3.28. The molecular weight excluding hydrogens is 384 g/mol. The summed E-state index contributed by atoms with van der Waals surface area (Å²) in [6.07, 6.45) is -1.77. The van der Waals surface area contributed by atoms with Gasteiger partial charge in [-0.3, -0.25) is 14.7 Å². The fourth-order valence-electron chi connectivity index (χ4n) is 3.29. The van der Waals surface area contributed by atoms with Gasteiger partial charge in [0.2, 0.25) is 0 Å². The largest absolute Gasteiger partial charge is 0.394 e. The van der Waals surface area contributed by atoms with Gasteiger partial charge in [0, 0.05) is 18.2 Å². The third kappa shape index (κ3) is 3.38. The summed E-state index contributed by atoms with van der Waals surface area (Å²) in [4.78, 5) is 23.3. The number of benzene rings is 1. The maximum atomic E-state index is 11.2. The van der Waals surface area contributed by atoms with Gasteiger partial charge in [-0.1, -0.05) is 18.2 Å². The molecule has 0 amide bonds. The van der Waals surface area contributed by atoms with Crippen molar-refractivity contribution in [1.82, 2.24) is 19.5 Å². The van der Waals surface area contributed by atoms with Crippen LogP contribution in [0.5, 0.6) is 0 Å². The summed E-state index contributed by atoms with van der Waals surface area (Å²) < 4.78 is 6.96. The zero-order chi connectivity index (χ0) is 20.5. The summed E-state index contributed by atoms with van der Waals surface area (Å²) >= 11 is 0. The number of aromatic nitrogens is 4. The Kier molecular flexibility index (Phi) is 5.07. The molecule has 0 aliphatic carbocycles. The molecule has 1 aliphatic rings. The van der Waals surface area contributed by atoms with Crippen molar-refractivity contribution in [2.75, 3.05) is 11.9 Å². The number of fused-ring (bicyclic) bond motifs is 1. The SMILES string of the molecule is O=[N+]([O-])c1ccccc1CNc1ncnc2c1ncn2[C@@H]1O[C@H](CO)[C@H](O)C1O. The fourth-order valence-corrected chi connectivity index (χ4v) is 3.29. The number of aliphatic hydroxyl groups is 3. The van der Waals surface area contributed by atoms with Crippen LogP contribution >= 0.6 is 0 Å². The van der Waals surface area contributed by atoms with E-state index < -0.39 is 36.1 Å². The van der Waals surface area contributed by atoms with Gasteiger partial charge in [-0.2, -0.15) is 0 Å². The minimum absolute atomic E-state index is 0.0117. The summed E-state index contributed by atoms with van der Waals surface area (Å²) in [5.41, 5.74) is 1.17. The number of nitro groups is 1. The van der Waals surface area contributed by atoms with Crippen molar-refractivity contribution in [2.24, 2.45) is 0 Å². The van der Waals surface area contributed by atoms with E-state index in [0.717, 1.165) is 0 Å². The molecule has 0 spiro atoms. The van der Waals surface area contributed by atoms with Crippen molar-refractivity contribution in [3.05, 3.63) is 52.6 Å². The maximum absolute atomic E-state index is 11.2. The molecule has 4 atom stereocenters. The van der Waals surface area contributed by atoms with Crippen LogP contribution in [0.2, 0.25) is 0 Å². The zero-order valence-corrected chi connectivity index (χ0v) is 15.0. The second-order valence-electron chi connectivity index (χ2n) is 6.51. The number of nitro benzene ring substituents is 1. The summed E-state index contributed by atoms with van der Waals surface area (Å²) in [5, 5.41) is 43.6. The number of para-hydroxylation sites is 1. The predicted octanol–water partition coefficient (Wildman–Crippen LogP) is -0.0419. The Balaban J connectivity index is 1.61. The Labute approximate surface area is 163 Å². The van der Waals surface area contributed by atoms with Crippen LogP contribution in [0.4, 0.5) is 11.5 Å². The van der Waals surface area contributed by atoms with Crippen LogP contribution in [-0.4, -0.2) is 64.7 Å². The maximum Gasteiger partial charge on any atom is 0.274 e. The predicted molar refractivity (Wildman–Crippen MR) is 98.8 cm³/mol. The first kappa shape index (κ1) is 19.1. The molecule has 152 valence electrons. The van der Waals surface area contributed by atoms with Gasteiger partial charge in [-0.05, 0) is 0 Å². The number of nitrogens with zero attached hydrogens (tertiary/aromatic N) is 5. The highest BCUT2D eigenvalue weighted by molar-refractivity contribution is 5.82. The molecule has 3 aromatic rings. The lowest BCUT2D eigenvalue weighted by atomic mass is 10.1. The molecule has 0 radical (unpaired) electrons. The van der Waals surface area contributed by atoms with Gasteiger partial charge in [-0.25, -0.2) is 15.0 Å². The summed E-state index contributed by atoms with van der Waals surface area (Å²) in [6.45, 7) is -0.303. The average molecular weight is 402 g/mol. The lowest BCUT2D eigenvalue weighted by Crippen LogP contribution is -2.33. The lowest BCUT2D eigenvalue weighted by Gasteiger charge is -2.16. The first-order valence-electron chi connectivity index (χ1n) is 8.77. The van der Waals surface area contributed by atoms with E-state index >= 15 is 0 Å². The van der Waals surface area contributed by atoms with E-state index in [1.54, 1.807) is 18.2 Å². The van der Waals surface area contributed by atoms with Crippen LogP contribution in [0.3, 0.4) is 0 Å². The van der Waals surface area contributed by atoms with E-state index in [2.05, 4.69) is 20.3 Å². The monoisotopic (exact) mass is 402 g/mol. The molecule has 1 aromatic carbocycles. The molecule has 1 unspecified atom stereocenters. The van der Waals surface area contributed by atoms with Gasteiger partial charge in [0.25, 0.3) is 5.69 Å². The summed E-state index contributed by atoms with van der Waals surface area (Å²) in [5.74, 6) is 0.346. The quantitative estimate of drug-likeness (QED) is 0.324. The number of nitrogens with one attached hydrogen (secondary N) is 1. The van der Waals surface area contributed by atoms with Gasteiger partial charge >= 0.3 is 0 Å². The second kappa shape index (κ2) is 7.67. The van der Waals surface area contributed by atoms with Crippen molar-refractivity contribution in [3.63, 3.8) is 0 Å². The van der Waals surface area contributed by atoms with Crippen LogP contribution in [0.1, 0.15) is 11.8 Å². The van der Waals surface area contributed by atoms with E-state index in [1.165, 1.54) is 23.3 Å². The normalized spacial score (nSPS) is 24.1. The summed E-state index contributed by atoms with van der Waals surface area (Å²) in [6, 6.07) is 6.35. The van der Waals surface area contributed by atoms with Gasteiger partial charge in [0.15, 0.2) is 23.2 Å². The van der Waals surface area contributed by atoms with E-state index in [4.69, 9.17) is 4.74 Å². The minimum atomic E-state index is -1.28. The minimum Gasteiger partial charge on any atom is -0.394 e. The smallest absolute Gasteiger partial charge is 0.274 e. The number of imidazole rings is 1. The molecule has 0 saturated carbocycles. The van der Waals surface area contributed by atoms with E-state index in [1.807, 2.05) is 0 Å². The molecule has 29 heavy (non-hydrogen) atoms. The lowest BCUT2D eigenvalue weighted by molar-refractivity contribution is -0.385. The molecule has 4 rings (SSSR count). The van der Waals surface area contributed by atoms with E-state index in [0.29, 0.717) is 22.5 Å². The first-order valence-corrected chi connectivity index (χ1v) is 8.77. The standard InChI is InChI=1S/C17H18N6O6/c24-6-11-13(25)14(26)17(29-11)22-8-21-12-15(19-7-20-16(12)22)18-5-9-3-1-2-4-10(9)23(27)28/h1-4,7-8,11,13-14,17,24-26H,5-6H2,(H,18,19,20)/t11-,13+,14?,17-/m1/s1. The van der Waals surface area contributed by atoms with E-state index in [9.17, 15) is 25.4 Å². The molecule has 1 saturated heterocycles.